The minimum Gasteiger partial charge on any atom is -0.377 e. The lowest BCUT2D eigenvalue weighted by molar-refractivity contribution is -0.124. The Kier molecular flexibility index (Phi) is 5.09. The Balaban J connectivity index is 1.79. The normalized spacial score (nSPS) is 25.6. The van der Waals surface area contributed by atoms with Gasteiger partial charge in [0, 0.05) is 34.0 Å². The molecule has 0 amide bonds. The molecule has 1 aromatic rings. The predicted octanol–water partition coefficient (Wildman–Crippen LogP) is 4.44. The zero-order chi connectivity index (χ0) is 14.0. The Morgan fingerprint density at radius 1 is 1.53 bits per heavy atom. The maximum absolute atomic E-state index is 6.00. The molecule has 2 unspecified atom stereocenters. The Morgan fingerprint density at radius 3 is 2.79 bits per heavy atom. The highest BCUT2D eigenvalue weighted by atomic mass is 79.9. The van der Waals surface area contributed by atoms with Crippen LogP contribution in [-0.2, 0) is 11.3 Å². The lowest BCUT2D eigenvalue weighted by atomic mass is 9.64. The molecule has 19 heavy (non-hydrogen) atoms. The average molecular weight is 346 g/mol. The Hall–Kier alpha value is 0.100. The molecule has 108 valence electrons. The molecule has 2 atom stereocenters. The van der Waals surface area contributed by atoms with Gasteiger partial charge >= 0.3 is 0 Å². The minimum absolute atomic E-state index is 0.235. The van der Waals surface area contributed by atoms with Gasteiger partial charge < -0.3 is 10.1 Å². The number of rotatable bonds is 6. The first-order chi connectivity index (χ1) is 8.91. The summed E-state index contributed by atoms with van der Waals surface area (Å²) in [5.41, 5.74) is 0.235. The van der Waals surface area contributed by atoms with E-state index in [-0.39, 0.29) is 5.41 Å². The molecule has 1 fully saturated rings. The average Bonchev–Trinajstić information content (AvgIpc) is 2.72. The molecule has 1 heterocycles. The molecule has 1 aromatic heterocycles. The van der Waals surface area contributed by atoms with Gasteiger partial charge in [0.15, 0.2) is 0 Å². The summed E-state index contributed by atoms with van der Waals surface area (Å²) in [6.07, 6.45) is 1.53. The summed E-state index contributed by atoms with van der Waals surface area (Å²) < 4.78 is 7.22. The molecule has 1 aliphatic carbocycles. The molecule has 1 saturated carbocycles. The fourth-order valence-electron chi connectivity index (χ4n) is 2.49. The van der Waals surface area contributed by atoms with Crippen molar-refractivity contribution >= 4 is 27.3 Å². The maximum atomic E-state index is 6.00. The van der Waals surface area contributed by atoms with Crippen molar-refractivity contribution in [3.8, 4) is 0 Å². The Morgan fingerprint density at radius 2 is 2.26 bits per heavy atom. The Labute approximate surface area is 129 Å². The van der Waals surface area contributed by atoms with Crippen molar-refractivity contribution < 1.29 is 4.74 Å². The molecule has 0 bridgehead atoms. The number of halogens is 1. The standard InChI is InChI=1S/C15H24BrNOS/c1-10(2)9-18-14-7-13(15(14,3)4)17-8-12-11(16)5-6-19-12/h5-6,10,13-14,17H,7-9H2,1-4H3. The van der Waals surface area contributed by atoms with Crippen LogP contribution in [0.4, 0.5) is 0 Å². The van der Waals surface area contributed by atoms with Crippen LogP contribution in [0.3, 0.4) is 0 Å². The van der Waals surface area contributed by atoms with Crippen molar-refractivity contribution in [1.29, 1.82) is 0 Å². The van der Waals surface area contributed by atoms with Crippen LogP contribution in [-0.4, -0.2) is 18.8 Å². The summed E-state index contributed by atoms with van der Waals surface area (Å²) in [6, 6.07) is 2.67. The third kappa shape index (κ3) is 3.60. The van der Waals surface area contributed by atoms with Crippen molar-refractivity contribution in [3.05, 3.63) is 20.8 Å². The summed E-state index contributed by atoms with van der Waals surface area (Å²) in [7, 11) is 0. The second-order valence-corrected chi connectivity index (χ2v) is 8.25. The van der Waals surface area contributed by atoms with Crippen LogP contribution in [0.25, 0.3) is 0 Å². The quantitative estimate of drug-likeness (QED) is 0.822. The van der Waals surface area contributed by atoms with Crippen molar-refractivity contribution in [3.63, 3.8) is 0 Å². The zero-order valence-electron chi connectivity index (χ0n) is 12.2. The molecule has 0 aliphatic heterocycles. The second kappa shape index (κ2) is 6.25. The molecule has 0 saturated heterocycles. The molecule has 0 spiro atoms. The van der Waals surface area contributed by atoms with Crippen LogP contribution in [0.5, 0.6) is 0 Å². The highest BCUT2D eigenvalue weighted by molar-refractivity contribution is 9.10. The van der Waals surface area contributed by atoms with Gasteiger partial charge in [0.1, 0.15) is 0 Å². The van der Waals surface area contributed by atoms with Crippen molar-refractivity contribution in [2.45, 2.75) is 52.8 Å². The molecule has 1 aliphatic rings. The van der Waals surface area contributed by atoms with Crippen LogP contribution in [0, 0.1) is 11.3 Å². The van der Waals surface area contributed by atoms with E-state index in [0.717, 1.165) is 19.6 Å². The summed E-state index contributed by atoms with van der Waals surface area (Å²) in [5, 5.41) is 5.80. The molecule has 0 radical (unpaired) electrons. The number of thiophene rings is 1. The molecule has 2 nitrogen and oxygen atoms in total. The summed E-state index contributed by atoms with van der Waals surface area (Å²) in [6.45, 7) is 10.8. The van der Waals surface area contributed by atoms with E-state index in [4.69, 9.17) is 4.74 Å². The van der Waals surface area contributed by atoms with Crippen LogP contribution >= 0.6 is 27.3 Å². The highest BCUT2D eigenvalue weighted by Crippen LogP contribution is 2.43. The maximum Gasteiger partial charge on any atom is 0.0656 e. The first-order valence-corrected chi connectivity index (χ1v) is 8.65. The predicted molar refractivity (Wildman–Crippen MR) is 85.6 cm³/mol. The molecule has 4 heteroatoms. The topological polar surface area (TPSA) is 21.3 Å². The monoisotopic (exact) mass is 345 g/mol. The number of nitrogens with one attached hydrogen (secondary N) is 1. The van der Waals surface area contributed by atoms with Gasteiger partial charge in [0.2, 0.25) is 0 Å². The van der Waals surface area contributed by atoms with Crippen LogP contribution in [0.1, 0.15) is 39.0 Å². The van der Waals surface area contributed by atoms with Gasteiger partial charge in [-0.2, -0.15) is 0 Å². The van der Waals surface area contributed by atoms with E-state index >= 15 is 0 Å². The van der Waals surface area contributed by atoms with Crippen LogP contribution < -0.4 is 5.32 Å². The molecule has 1 N–H and O–H groups in total. The SMILES string of the molecule is CC(C)COC1CC(NCc2sccc2Br)C1(C)C. The van der Waals surface area contributed by atoms with Crippen LogP contribution in [0.2, 0.25) is 0 Å². The largest absolute Gasteiger partial charge is 0.377 e. The highest BCUT2D eigenvalue weighted by Gasteiger charge is 2.48. The number of hydrogen-bond acceptors (Lipinski definition) is 3. The van der Waals surface area contributed by atoms with E-state index in [0.29, 0.717) is 18.1 Å². The van der Waals surface area contributed by atoms with E-state index < -0.39 is 0 Å². The van der Waals surface area contributed by atoms with Crippen LogP contribution in [0.15, 0.2) is 15.9 Å². The first-order valence-electron chi connectivity index (χ1n) is 6.98. The van der Waals surface area contributed by atoms with Gasteiger partial charge in [-0.3, -0.25) is 0 Å². The van der Waals surface area contributed by atoms with Gasteiger partial charge in [0.25, 0.3) is 0 Å². The summed E-state index contributed by atoms with van der Waals surface area (Å²) in [5.74, 6) is 0.616. The van der Waals surface area contributed by atoms with E-state index in [1.54, 1.807) is 11.3 Å². The summed E-state index contributed by atoms with van der Waals surface area (Å²) in [4.78, 5) is 1.38. The molecule has 0 aromatic carbocycles. The van der Waals surface area contributed by atoms with E-state index in [1.165, 1.54) is 9.35 Å². The van der Waals surface area contributed by atoms with Crippen molar-refractivity contribution in [2.24, 2.45) is 11.3 Å². The molecular weight excluding hydrogens is 322 g/mol. The third-order valence-corrected chi connectivity index (χ3v) is 5.93. The Bertz CT molecular complexity index is 416. The fraction of sp³-hybridized carbons (Fsp3) is 0.733. The van der Waals surface area contributed by atoms with Gasteiger partial charge in [0.05, 0.1) is 6.10 Å². The van der Waals surface area contributed by atoms with Crippen molar-refractivity contribution in [1.82, 2.24) is 5.32 Å². The van der Waals surface area contributed by atoms with Crippen molar-refractivity contribution in [2.75, 3.05) is 6.61 Å². The fourth-order valence-corrected chi connectivity index (χ4v) is 3.93. The smallest absolute Gasteiger partial charge is 0.0656 e. The van der Waals surface area contributed by atoms with Gasteiger partial charge in [-0.05, 0) is 39.7 Å². The number of hydrogen-bond donors (Lipinski definition) is 1. The zero-order valence-corrected chi connectivity index (χ0v) is 14.6. The van der Waals surface area contributed by atoms with Gasteiger partial charge in [-0.15, -0.1) is 11.3 Å². The van der Waals surface area contributed by atoms with E-state index in [2.05, 4.69) is 60.4 Å². The molecule has 2 rings (SSSR count). The van der Waals surface area contributed by atoms with E-state index in [1.807, 2.05) is 0 Å². The van der Waals surface area contributed by atoms with Gasteiger partial charge in [-0.25, -0.2) is 0 Å². The minimum atomic E-state index is 0.235. The third-order valence-electron chi connectivity index (χ3n) is 4.01. The first kappa shape index (κ1) is 15.5. The van der Waals surface area contributed by atoms with Gasteiger partial charge in [-0.1, -0.05) is 27.7 Å². The lowest BCUT2D eigenvalue weighted by Gasteiger charge is -2.52. The van der Waals surface area contributed by atoms with E-state index in [9.17, 15) is 0 Å². The summed E-state index contributed by atoms with van der Waals surface area (Å²) >= 11 is 5.38. The lowest BCUT2D eigenvalue weighted by Crippen LogP contribution is -2.60. The number of ether oxygens (including phenoxy) is 1. The second-order valence-electron chi connectivity index (χ2n) is 6.40. The molecular formula is C15H24BrNOS.